The molecule has 1 fully saturated rings. The molecule has 8 heteroatoms. The van der Waals surface area contributed by atoms with Crippen molar-refractivity contribution >= 4 is 10.0 Å². The van der Waals surface area contributed by atoms with Crippen molar-refractivity contribution in [2.45, 2.75) is 25.8 Å². The summed E-state index contributed by atoms with van der Waals surface area (Å²) in [5.74, 6) is 0.187. The molecule has 1 aromatic carbocycles. The van der Waals surface area contributed by atoms with Crippen molar-refractivity contribution in [2.75, 3.05) is 5.75 Å². The standard InChI is InChI=1S/C18H18FN3O3S/c19-15-2-1-3-16(10-15)25-17-5-4-14(11-21-17)12-22-26(23,24)13-18(6-7-18)8-9-20/h1-5,10-11,22H,6-8,12-13H2. The van der Waals surface area contributed by atoms with Crippen LogP contribution in [0, 0.1) is 22.6 Å². The minimum atomic E-state index is -3.46. The second-order valence-corrected chi connectivity index (χ2v) is 8.29. The summed E-state index contributed by atoms with van der Waals surface area (Å²) in [4.78, 5) is 4.10. The molecular formula is C18H18FN3O3S. The number of halogens is 1. The molecule has 0 unspecified atom stereocenters. The molecule has 26 heavy (non-hydrogen) atoms. The molecule has 0 spiro atoms. The van der Waals surface area contributed by atoms with Crippen molar-refractivity contribution in [3.63, 3.8) is 0 Å². The van der Waals surface area contributed by atoms with Crippen molar-refractivity contribution in [3.8, 4) is 17.7 Å². The lowest BCUT2D eigenvalue weighted by Gasteiger charge is -2.12. The van der Waals surface area contributed by atoms with E-state index in [0.29, 0.717) is 11.3 Å². The van der Waals surface area contributed by atoms with E-state index in [1.807, 2.05) is 0 Å². The number of benzene rings is 1. The van der Waals surface area contributed by atoms with Gasteiger partial charge in [-0.1, -0.05) is 12.1 Å². The number of aromatic nitrogens is 1. The molecule has 1 aliphatic carbocycles. The van der Waals surface area contributed by atoms with Crippen LogP contribution in [-0.2, 0) is 16.6 Å². The molecule has 1 aliphatic rings. The van der Waals surface area contributed by atoms with E-state index in [2.05, 4.69) is 15.8 Å². The van der Waals surface area contributed by atoms with Crippen LogP contribution in [0.4, 0.5) is 4.39 Å². The lowest BCUT2D eigenvalue weighted by Crippen LogP contribution is -2.30. The fourth-order valence-corrected chi connectivity index (χ4v) is 4.28. The van der Waals surface area contributed by atoms with Gasteiger partial charge in [0.05, 0.1) is 11.8 Å². The first-order chi connectivity index (χ1) is 12.4. The fraction of sp³-hybridized carbons (Fsp3) is 0.333. The van der Waals surface area contributed by atoms with Gasteiger partial charge in [-0.2, -0.15) is 5.26 Å². The molecule has 1 heterocycles. The molecule has 6 nitrogen and oxygen atoms in total. The van der Waals surface area contributed by atoms with Gasteiger partial charge in [0.15, 0.2) is 0 Å². The highest BCUT2D eigenvalue weighted by atomic mass is 32.2. The molecule has 0 radical (unpaired) electrons. The number of hydrogen-bond acceptors (Lipinski definition) is 5. The Morgan fingerprint density at radius 3 is 2.73 bits per heavy atom. The Morgan fingerprint density at radius 2 is 2.12 bits per heavy atom. The van der Waals surface area contributed by atoms with E-state index in [9.17, 15) is 12.8 Å². The Balaban J connectivity index is 1.55. The lowest BCUT2D eigenvalue weighted by molar-refractivity contribution is 0.457. The predicted octanol–water partition coefficient (Wildman–Crippen LogP) is 3.13. The minimum Gasteiger partial charge on any atom is -0.439 e. The van der Waals surface area contributed by atoms with E-state index in [1.54, 1.807) is 18.2 Å². The van der Waals surface area contributed by atoms with Gasteiger partial charge in [0.2, 0.25) is 15.9 Å². The summed E-state index contributed by atoms with van der Waals surface area (Å²) < 4.78 is 45.5. The van der Waals surface area contributed by atoms with Gasteiger partial charge in [-0.15, -0.1) is 0 Å². The monoisotopic (exact) mass is 375 g/mol. The van der Waals surface area contributed by atoms with Crippen LogP contribution in [0.2, 0.25) is 0 Å². The van der Waals surface area contributed by atoms with Crippen molar-refractivity contribution in [2.24, 2.45) is 5.41 Å². The van der Waals surface area contributed by atoms with Gasteiger partial charge in [-0.05, 0) is 36.0 Å². The van der Waals surface area contributed by atoms with Crippen LogP contribution in [0.15, 0.2) is 42.6 Å². The number of nitrogens with one attached hydrogen (secondary N) is 1. The number of hydrogen-bond donors (Lipinski definition) is 1. The van der Waals surface area contributed by atoms with Crippen LogP contribution in [0.5, 0.6) is 11.6 Å². The third-order valence-corrected chi connectivity index (χ3v) is 5.80. The number of ether oxygens (including phenoxy) is 1. The van der Waals surface area contributed by atoms with Crippen LogP contribution in [0.25, 0.3) is 0 Å². The fourth-order valence-electron chi connectivity index (χ4n) is 2.59. The molecule has 0 amide bonds. The molecule has 0 aliphatic heterocycles. The Hall–Kier alpha value is -2.50. The first kappa shape index (κ1) is 18.3. The summed E-state index contributed by atoms with van der Waals surface area (Å²) >= 11 is 0. The number of nitriles is 1. The topological polar surface area (TPSA) is 92.1 Å². The maximum atomic E-state index is 13.1. The third kappa shape index (κ3) is 5.00. The molecule has 0 saturated heterocycles. The van der Waals surface area contributed by atoms with Gasteiger partial charge in [0.1, 0.15) is 11.6 Å². The van der Waals surface area contributed by atoms with E-state index in [-0.39, 0.29) is 30.0 Å². The predicted molar refractivity (Wildman–Crippen MR) is 93.2 cm³/mol. The van der Waals surface area contributed by atoms with Crippen LogP contribution >= 0.6 is 0 Å². The number of sulfonamides is 1. The SMILES string of the molecule is N#CCC1(CS(=O)(=O)NCc2ccc(Oc3cccc(F)c3)nc2)CC1. The Morgan fingerprint density at radius 1 is 1.31 bits per heavy atom. The summed E-state index contributed by atoms with van der Waals surface area (Å²) in [5, 5.41) is 8.79. The molecule has 1 N–H and O–H groups in total. The molecule has 0 bridgehead atoms. The number of rotatable bonds is 8. The van der Waals surface area contributed by atoms with Crippen LogP contribution in [0.1, 0.15) is 24.8 Å². The molecule has 3 rings (SSSR count). The zero-order valence-corrected chi connectivity index (χ0v) is 14.8. The average molecular weight is 375 g/mol. The van der Waals surface area contributed by atoms with E-state index in [4.69, 9.17) is 10.00 Å². The Bertz CT molecular complexity index is 919. The van der Waals surface area contributed by atoms with E-state index in [0.717, 1.165) is 12.8 Å². The normalized spacial score (nSPS) is 15.2. The summed E-state index contributed by atoms with van der Waals surface area (Å²) in [6.45, 7) is 0.109. The largest absolute Gasteiger partial charge is 0.439 e. The summed E-state index contributed by atoms with van der Waals surface area (Å²) in [6, 6.07) is 11.0. The molecule has 0 atom stereocenters. The Kier molecular flexibility index (Phi) is 5.20. The van der Waals surface area contributed by atoms with Gasteiger partial charge in [-0.3, -0.25) is 0 Å². The van der Waals surface area contributed by atoms with Crippen LogP contribution in [0.3, 0.4) is 0 Å². The molecular weight excluding hydrogens is 357 g/mol. The molecule has 136 valence electrons. The first-order valence-electron chi connectivity index (χ1n) is 8.12. The lowest BCUT2D eigenvalue weighted by atomic mass is 10.1. The van der Waals surface area contributed by atoms with Gasteiger partial charge in [0, 0.05) is 31.3 Å². The van der Waals surface area contributed by atoms with Gasteiger partial charge >= 0.3 is 0 Å². The molecule has 1 aromatic heterocycles. The van der Waals surface area contributed by atoms with Gasteiger partial charge in [0.25, 0.3) is 0 Å². The summed E-state index contributed by atoms with van der Waals surface area (Å²) in [7, 11) is -3.46. The highest BCUT2D eigenvalue weighted by Gasteiger charge is 2.45. The maximum absolute atomic E-state index is 13.1. The first-order valence-corrected chi connectivity index (χ1v) is 9.78. The second kappa shape index (κ2) is 7.40. The minimum absolute atomic E-state index is 0.0260. The van der Waals surface area contributed by atoms with Crippen LogP contribution in [-0.4, -0.2) is 19.2 Å². The summed E-state index contributed by atoms with van der Waals surface area (Å²) in [6.07, 6.45) is 3.31. The maximum Gasteiger partial charge on any atom is 0.219 e. The highest BCUT2D eigenvalue weighted by molar-refractivity contribution is 7.89. The molecule has 2 aromatic rings. The van der Waals surface area contributed by atoms with Crippen LogP contribution < -0.4 is 9.46 Å². The summed E-state index contributed by atoms with van der Waals surface area (Å²) in [5.41, 5.74) is 0.298. The van der Waals surface area contributed by atoms with Crippen molar-refractivity contribution in [1.29, 1.82) is 5.26 Å². The third-order valence-electron chi connectivity index (χ3n) is 4.22. The second-order valence-electron chi connectivity index (χ2n) is 6.48. The number of nitrogens with zero attached hydrogens (tertiary/aromatic N) is 2. The number of pyridine rings is 1. The van der Waals surface area contributed by atoms with Gasteiger partial charge in [-0.25, -0.2) is 22.5 Å². The average Bonchev–Trinajstić information content (AvgIpc) is 3.33. The Labute approximate surface area is 151 Å². The van der Waals surface area contributed by atoms with Crippen molar-refractivity contribution in [3.05, 3.63) is 54.0 Å². The van der Waals surface area contributed by atoms with Gasteiger partial charge < -0.3 is 4.74 Å². The smallest absolute Gasteiger partial charge is 0.219 e. The molecule has 1 saturated carbocycles. The van der Waals surface area contributed by atoms with Crippen molar-refractivity contribution < 1.29 is 17.5 Å². The zero-order valence-electron chi connectivity index (χ0n) is 14.0. The van der Waals surface area contributed by atoms with E-state index >= 15 is 0 Å². The zero-order chi connectivity index (χ0) is 18.6. The van der Waals surface area contributed by atoms with Crippen molar-refractivity contribution in [1.82, 2.24) is 9.71 Å². The quantitative estimate of drug-likeness (QED) is 0.765. The van der Waals surface area contributed by atoms with E-state index < -0.39 is 15.8 Å². The highest BCUT2D eigenvalue weighted by Crippen LogP contribution is 2.49. The van der Waals surface area contributed by atoms with E-state index in [1.165, 1.54) is 24.4 Å².